The summed E-state index contributed by atoms with van der Waals surface area (Å²) < 4.78 is 2.61. The van der Waals surface area contributed by atoms with E-state index in [4.69, 9.17) is 9.97 Å². The van der Waals surface area contributed by atoms with E-state index in [1.807, 2.05) is 48.0 Å². The fraction of sp³-hybridized carbons (Fsp3) is 0. The van der Waals surface area contributed by atoms with E-state index in [1.165, 1.54) is 30.9 Å². The van der Waals surface area contributed by atoms with E-state index < -0.39 is 0 Å². The lowest BCUT2D eigenvalue weighted by molar-refractivity contribution is 1.26. The zero-order valence-corrected chi connectivity index (χ0v) is 24.9. The third-order valence-corrected chi connectivity index (χ3v) is 9.62. The fourth-order valence-corrected chi connectivity index (χ4v) is 7.57. The van der Waals surface area contributed by atoms with Gasteiger partial charge in [-0.1, -0.05) is 66.7 Å². The maximum atomic E-state index is 5.28. The van der Waals surface area contributed by atoms with E-state index in [0.717, 1.165) is 55.8 Å². The van der Waals surface area contributed by atoms with Gasteiger partial charge in [-0.3, -0.25) is 9.97 Å². The highest BCUT2D eigenvalue weighted by Gasteiger charge is 2.17. The van der Waals surface area contributed by atoms with Gasteiger partial charge in [0.2, 0.25) is 0 Å². The molecule has 4 nitrogen and oxygen atoms in total. The molecular formula is C40H24N4S. The summed E-state index contributed by atoms with van der Waals surface area (Å²) in [5.41, 5.74) is 8.89. The van der Waals surface area contributed by atoms with E-state index in [9.17, 15) is 0 Å². The second kappa shape index (κ2) is 10.4. The number of nitrogens with zero attached hydrogens (tertiary/aromatic N) is 4. The molecule has 0 amide bonds. The summed E-state index contributed by atoms with van der Waals surface area (Å²) in [5, 5.41) is 6.20. The number of para-hydroxylation sites is 1. The summed E-state index contributed by atoms with van der Waals surface area (Å²) in [6.45, 7) is 0. The summed E-state index contributed by atoms with van der Waals surface area (Å²) >= 11 is 1.86. The van der Waals surface area contributed by atoms with Crippen molar-refractivity contribution in [3.05, 3.63) is 146 Å². The first-order valence-corrected chi connectivity index (χ1v) is 15.7. The van der Waals surface area contributed by atoms with Gasteiger partial charge in [-0.2, -0.15) is 0 Å². The molecule has 0 saturated heterocycles. The SMILES string of the molecule is c1cncc(-c2cc(-c3cccc(-c4nc5ccccc5c5c4ccc4c6ccccc6sc45)c3)cc(-c3cccnc3)n2)c1. The summed E-state index contributed by atoms with van der Waals surface area (Å²) in [6, 6.07) is 42.7. The summed E-state index contributed by atoms with van der Waals surface area (Å²) in [6.07, 6.45) is 7.28. The predicted molar refractivity (Wildman–Crippen MR) is 187 cm³/mol. The zero-order chi connectivity index (χ0) is 29.7. The molecule has 0 saturated carbocycles. The summed E-state index contributed by atoms with van der Waals surface area (Å²) in [4.78, 5) is 19.0. The van der Waals surface area contributed by atoms with Crippen LogP contribution in [0.1, 0.15) is 0 Å². The molecule has 0 unspecified atom stereocenters. The average Bonchev–Trinajstić information content (AvgIpc) is 3.51. The second-order valence-corrected chi connectivity index (χ2v) is 12.2. The third kappa shape index (κ3) is 4.36. The van der Waals surface area contributed by atoms with Crippen LogP contribution in [-0.2, 0) is 0 Å². The molecule has 210 valence electrons. The number of thiophene rings is 1. The van der Waals surface area contributed by atoms with Gasteiger partial charge >= 0.3 is 0 Å². The molecule has 0 spiro atoms. The lowest BCUT2D eigenvalue weighted by Gasteiger charge is -2.13. The summed E-state index contributed by atoms with van der Waals surface area (Å²) in [7, 11) is 0. The number of aromatic nitrogens is 4. The Bertz CT molecular complexity index is 2480. The van der Waals surface area contributed by atoms with Gasteiger partial charge in [-0.05, 0) is 65.7 Å². The molecule has 5 heterocycles. The summed E-state index contributed by atoms with van der Waals surface area (Å²) in [5.74, 6) is 0. The minimum Gasteiger partial charge on any atom is -0.264 e. The highest BCUT2D eigenvalue weighted by molar-refractivity contribution is 7.26. The van der Waals surface area contributed by atoms with Crippen LogP contribution in [0.2, 0.25) is 0 Å². The topological polar surface area (TPSA) is 51.6 Å². The Labute approximate surface area is 263 Å². The maximum Gasteiger partial charge on any atom is 0.0788 e. The van der Waals surface area contributed by atoms with Crippen molar-refractivity contribution in [2.45, 2.75) is 0 Å². The first-order valence-electron chi connectivity index (χ1n) is 14.9. The molecule has 5 aromatic heterocycles. The molecule has 0 bridgehead atoms. The molecule has 0 aliphatic heterocycles. The molecule has 9 rings (SSSR count). The Morgan fingerprint density at radius 2 is 1.11 bits per heavy atom. The Hall–Kier alpha value is -5.78. The quantitative estimate of drug-likeness (QED) is 0.191. The lowest BCUT2D eigenvalue weighted by atomic mass is 9.95. The van der Waals surface area contributed by atoms with E-state index in [2.05, 4.69) is 107 Å². The molecule has 0 fully saturated rings. The van der Waals surface area contributed by atoms with E-state index in [-0.39, 0.29) is 0 Å². The molecule has 5 heteroatoms. The number of fused-ring (bicyclic) bond motifs is 7. The Morgan fingerprint density at radius 3 is 1.87 bits per heavy atom. The van der Waals surface area contributed by atoms with Crippen molar-refractivity contribution in [3.63, 3.8) is 0 Å². The van der Waals surface area contributed by atoms with Gasteiger partial charge in [0.1, 0.15) is 0 Å². The van der Waals surface area contributed by atoms with Crippen LogP contribution in [0.15, 0.2) is 146 Å². The van der Waals surface area contributed by atoms with Gasteiger partial charge < -0.3 is 0 Å². The molecule has 45 heavy (non-hydrogen) atoms. The van der Waals surface area contributed by atoms with Crippen LogP contribution in [-0.4, -0.2) is 19.9 Å². The van der Waals surface area contributed by atoms with Crippen molar-refractivity contribution in [1.29, 1.82) is 0 Å². The van der Waals surface area contributed by atoms with Crippen molar-refractivity contribution < 1.29 is 0 Å². The molecule has 0 radical (unpaired) electrons. The average molecular weight is 593 g/mol. The first-order chi connectivity index (χ1) is 22.3. The Morgan fingerprint density at radius 1 is 0.444 bits per heavy atom. The smallest absolute Gasteiger partial charge is 0.0788 e. The molecule has 0 aliphatic carbocycles. The molecule has 9 aromatic rings. The zero-order valence-electron chi connectivity index (χ0n) is 24.1. The predicted octanol–water partition coefficient (Wildman–Crippen LogP) is 10.6. The van der Waals surface area contributed by atoms with Crippen molar-refractivity contribution in [2.75, 3.05) is 0 Å². The van der Waals surface area contributed by atoms with Gasteiger partial charge in [-0.15, -0.1) is 11.3 Å². The van der Waals surface area contributed by atoms with E-state index >= 15 is 0 Å². The Balaban J connectivity index is 1.27. The van der Waals surface area contributed by atoms with Crippen LogP contribution in [0, 0.1) is 0 Å². The van der Waals surface area contributed by atoms with Gasteiger partial charge in [0.05, 0.1) is 22.6 Å². The van der Waals surface area contributed by atoms with Crippen LogP contribution in [0.5, 0.6) is 0 Å². The first kappa shape index (κ1) is 25.7. The van der Waals surface area contributed by atoms with E-state index in [0.29, 0.717) is 0 Å². The second-order valence-electron chi connectivity index (χ2n) is 11.1. The maximum absolute atomic E-state index is 5.28. The minimum atomic E-state index is 0.867. The van der Waals surface area contributed by atoms with Crippen molar-refractivity contribution >= 4 is 53.2 Å². The molecule has 0 N–H and O–H groups in total. The fourth-order valence-electron chi connectivity index (χ4n) is 6.30. The number of pyridine rings is 4. The monoisotopic (exact) mass is 592 g/mol. The van der Waals surface area contributed by atoms with Gasteiger partial charge in [0, 0.05) is 77.8 Å². The lowest BCUT2D eigenvalue weighted by Crippen LogP contribution is -1.93. The van der Waals surface area contributed by atoms with Crippen molar-refractivity contribution in [2.24, 2.45) is 0 Å². The van der Waals surface area contributed by atoms with Crippen LogP contribution in [0.4, 0.5) is 0 Å². The number of hydrogen-bond acceptors (Lipinski definition) is 5. The minimum absolute atomic E-state index is 0.867. The van der Waals surface area contributed by atoms with Gasteiger partial charge in [0.15, 0.2) is 0 Å². The van der Waals surface area contributed by atoms with Crippen LogP contribution < -0.4 is 0 Å². The van der Waals surface area contributed by atoms with Crippen LogP contribution in [0.25, 0.3) is 86.7 Å². The third-order valence-electron chi connectivity index (χ3n) is 8.42. The highest BCUT2D eigenvalue weighted by atomic mass is 32.1. The molecule has 0 atom stereocenters. The largest absolute Gasteiger partial charge is 0.264 e. The van der Waals surface area contributed by atoms with Gasteiger partial charge in [-0.25, -0.2) is 9.97 Å². The van der Waals surface area contributed by atoms with Gasteiger partial charge in [0.25, 0.3) is 0 Å². The standard InChI is InChI=1S/C40H24N4S/c1-3-14-34-32(13-1)38-33(17-16-31-30-12-2-4-15-37(30)45-40(31)38)39(44-34)26-9-5-8-25(20-26)29-21-35(27-10-6-18-41-23-27)43-36(22-29)28-11-7-19-42-24-28/h1-24H. The molecule has 0 aliphatic rings. The molecule has 4 aromatic carbocycles. The van der Waals surface area contributed by atoms with Crippen LogP contribution in [0.3, 0.4) is 0 Å². The van der Waals surface area contributed by atoms with Crippen molar-refractivity contribution in [3.8, 4) is 44.9 Å². The number of benzene rings is 4. The normalized spacial score (nSPS) is 11.6. The number of hydrogen-bond donors (Lipinski definition) is 0. The number of rotatable bonds is 4. The highest BCUT2D eigenvalue weighted by Crippen LogP contribution is 2.43. The van der Waals surface area contributed by atoms with Crippen molar-refractivity contribution in [1.82, 2.24) is 19.9 Å². The van der Waals surface area contributed by atoms with Crippen LogP contribution >= 0.6 is 11.3 Å². The molecular weight excluding hydrogens is 569 g/mol. The Kier molecular flexibility index (Phi) is 5.96. The van der Waals surface area contributed by atoms with E-state index in [1.54, 1.807) is 12.4 Å².